The van der Waals surface area contributed by atoms with Gasteiger partial charge in [-0.25, -0.2) is 4.79 Å². The topological polar surface area (TPSA) is 81.1 Å². The van der Waals surface area contributed by atoms with Gasteiger partial charge in [0.2, 0.25) is 0 Å². The first kappa shape index (κ1) is 17.0. The van der Waals surface area contributed by atoms with Crippen molar-refractivity contribution in [2.24, 2.45) is 0 Å². The Morgan fingerprint density at radius 2 is 2.17 bits per heavy atom. The highest BCUT2D eigenvalue weighted by molar-refractivity contribution is 5.90. The first-order valence-electron chi connectivity index (χ1n) is 7.67. The van der Waals surface area contributed by atoms with Gasteiger partial charge in [-0.05, 0) is 25.0 Å². The van der Waals surface area contributed by atoms with Gasteiger partial charge in [-0.3, -0.25) is 0 Å². The van der Waals surface area contributed by atoms with Crippen LogP contribution >= 0.6 is 0 Å². The number of nitrogens with zero attached hydrogens (tertiary/aromatic N) is 3. The largest absolute Gasteiger partial charge is 0.383 e. The molecule has 7 nitrogen and oxygen atoms in total. The molecule has 0 aliphatic heterocycles. The van der Waals surface area contributed by atoms with Crippen LogP contribution in [0.3, 0.4) is 0 Å². The number of rotatable bonds is 7. The Bertz CT molecular complexity index is 641. The lowest BCUT2D eigenvalue weighted by Crippen LogP contribution is -2.33. The van der Waals surface area contributed by atoms with Crippen molar-refractivity contribution in [1.82, 2.24) is 20.1 Å². The number of ether oxygens (including phenoxy) is 1. The molecule has 0 fully saturated rings. The number of nitrogens with one attached hydrogen (secondary N) is 2. The van der Waals surface area contributed by atoms with E-state index in [-0.39, 0.29) is 12.1 Å². The second-order valence-electron chi connectivity index (χ2n) is 5.21. The molecular weight excluding hydrogens is 294 g/mol. The SMILES string of the molecule is CCc1ccccc1NC(=O)N[C@H](C)c1nncn1CCOC. The van der Waals surface area contributed by atoms with Crippen LogP contribution in [0.15, 0.2) is 30.6 Å². The van der Waals surface area contributed by atoms with Crippen LogP contribution < -0.4 is 10.6 Å². The third kappa shape index (κ3) is 4.53. The summed E-state index contributed by atoms with van der Waals surface area (Å²) in [5, 5.41) is 13.7. The fraction of sp³-hybridized carbons (Fsp3) is 0.438. The van der Waals surface area contributed by atoms with E-state index in [4.69, 9.17) is 4.74 Å². The standard InChI is InChI=1S/C16H23N5O2/c1-4-13-7-5-6-8-14(13)19-16(22)18-12(2)15-20-17-11-21(15)9-10-23-3/h5-8,11-12H,4,9-10H2,1-3H3,(H2,18,19,22)/t12-/m1/s1. The molecule has 0 saturated heterocycles. The lowest BCUT2D eigenvalue weighted by atomic mass is 10.1. The minimum atomic E-state index is -0.264. The summed E-state index contributed by atoms with van der Waals surface area (Å²) in [5.41, 5.74) is 1.92. The van der Waals surface area contributed by atoms with Gasteiger partial charge in [0.1, 0.15) is 6.33 Å². The summed E-state index contributed by atoms with van der Waals surface area (Å²) in [4.78, 5) is 12.2. The maximum Gasteiger partial charge on any atom is 0.319 e. The highest BCUT2D eigenvalue weighted by atomic mass is 16.5. The summed E-state index contributed by atoms with van der Waals surface area (Å²) in [6, 6.07) is 7.23. The van der Waals surface area contributed by atoms with E-state index in [1.165, 1.54) is 0 Å². The minimum absolute atomic E-state index is 0.261. The number of urea groups is 1. The van der Waals surface area contributed by atoms with Crippen molar-refractivity contribution in [2.45, 2.75) is 32.9 Å². The lowest BCUT2D eigenvalue weighted by molar-refractivity contribution is 0.185. The fourth-order valence-electron chi connectivity index (χ4n) is 2.33. The van der Waals surface area contributed by atoms with E-state index in [2.05, 4.69) is 27.8 Å². The van der Waals surface area contributed by atoms with Gasteiger partial charge in [0.05, 0.1) is 12.6 Å². The number of aromatic nitrogens is 3. The highest BCUT2D eigenvalue weighted by Crippen LogP contribution is 2.16. The number of aryl methyl sites for hydroxylation is 1. The van der Waals surface area contributed by atoms with E-state index in [0.29, 0.717) is 19.0 Å². The van der Waals surface area contributed by atoms with E-state index in [9.17, 15) is 4.79 Å². The number of benzene rings is 1. The van der Waals surface area contributed by atoms with Gasteiger partial charge in [-0.2, -0.15) is 0 Å². The van der Waals surface area contributed by atoms with E-state index in [1.54, 1.807) is 13.4 Å². The summed E-state index contributed by atoms with van der Waals surface area (Å²) < 4.78 is 6.93. The summed E-state index contributed by atoms with van der Waals surface area (Å²) in [7, 11) is 1.64. The zero-order valence-electron chi connectivity index (χ0n) is 13.7. The summed E-state index contributed by atoms with van der Waals surface area (Å²) in [5.74, 6) is 0.695. The molecule has 7 heteroatoms. The van der Waals surface area contributed by atoms with Gasteiger partial charge in [-0.15, -0.1) is 10.2 Å². The lowest BCUT2D eigenvalue weighted by Gasteiger charge is -2.16. The number of carbonyl (C=O) groups excluding carboxylic acids is 1. The average molecular weight is 317 g/mol. The van der Waals surface area contributed by atoms with Crippen molar-refractivity contribution in [3.05, 3.63) is 42.0 Å². The monoisotopic (exact) mass is 317 g/mol. The van der Waals surface area contributed by atoms with Crippen LogP contribution in [0.1, 0.15) is 31.3 Å². The first-order valence-corrected chi connectivity index (χ1v) is 7.67. The van der Waals surface area contributed by atoms with E-state index in [1.807, 2.05) is 35.8 Å². The zero-order valence-corrected chi connectivity index (χ0v) is 13.7. The molecule has 0 unspecified atom stereocenters. The number of amides is 2. The Morgan fingerprint density at radius 1 is 1.39 bits per heavy atom. The third-order valence-corrected chi connectivity index (χ3v) is 3.56. The fourth-order valence-corrected chi connectivity index (χ4v) is 2.33. The van der Waals surface area contributed by atoms with Crippen molar-refractivity contribution in [3.63, 3.8) is 0 Å². The molecule has 0 aliphatic rings. The molecule has 0 aliphatic carbocycles. The number of anilines is 1. The predicted octanol–water partition coefficient (Wildman–Crippen LogP) is 2.37. The number of hydrogen-bond donors (Lipinski definition) is 2. The van der Waals surface area contributed by atoms with Crippen molar-refractivity contribution in [1.29, 1.82) is 0 Å². The Balaban J connectivity index is 1.98. The van der Waals surface area contributed by atoms with E-state index in [0.717, 1.165) is 17.7 Å². The Labute approximate surface area is 136 Å². The highest BCUT2D eigenvalue weighted by Gasteiger charge is 2.16. The van der Waals surface area contributed by atoms with Crippen molar-refractivity contribution in [3.8, 4) is 0 Å². The molecular formula is C16H23N5O2. The molecule has 124 valence electrons. The van der Waals surface area contributed by atoms with Gasteiger partial charge in [0, 0.05) is 19.3 Å². The van der Waals surface area contributed by atoms with Crippen LogP contribution in [0.5, 0.6) is 0 Å². The number of carbonyl (C=O) groups is 1. The Morgan fingerprint density at radius 3 is 2.91 bits per heavy atom. The summed E-state index contributed by atoms with van der Waals surface area (Å²) in [6.45, 7) is 5.14. The van der Waals surface area contributed by atoms with Gasteiger partial charge >= 0.3 is 6.03 Å². The molecule has 2 rings (SSSR count). The second kappa shape index (κ2) is 8.28. The molecule has 2 N–H and O–H groups in total. The molecule has 2 aromatic rings. The molecule has 0 saturated carbocycles. The normalized spacial score (nSPS) is 12.0. The quantitative estimate of drug-likeness (QED) is 0.821. The van der Waals surface area contributed by atoms with Crippen LogP contribution in [-0.2, 0) is 17.7 Å². The molecule has 23 heavy (non-hydrogen) atoms. The summed E-state index contributed by atoms with van der Waals surface area (Å²) in [6.07, 6.45) is 2.49. The first-order chi connectivity index (χ1) is 11.2. The molecule has 2 amide bonds. The molecule has 1 aromatic heterocycles. The van der Waals surface area contributed by atoms with E-state index < -0.39 is 0 Å². The molecule has 0 radical (unpaired) electrons. The molecule has 0 spiro atoms. The van der Waals surface area contributed by atoms with Gasteiger partial charge < -0.3 is 19.9 Å². The summed E-state index contributed by atoms with van der Waals surface area (Å²) >= 11 is 0. The third-order valence-electron chi connectivity index (χ3n) is 3.56. The van der Waals surface area contributed by atoms with Crippen molar-refractivity contribution < 1.29 is 9.53 Å². The Hall–Kier alpha value is -2.41. The van der Waals surface area contributed by atoms with Crippen LogP contribution in [0, 0.1) is 0 Å². The number of hydrogen-bond acceptors (Lipinski definition) is 4. The maximum atomic E-state index is 12.2. The van der Waals surface area contributed by atoms with Crippen LogP contribution in [0.2, 0.25) is 0 Å². The maximum absolute atomic E-state index is 12.2. The van der Waals surface area contributed by atoms with Crippen LogP contribution in [0.4, 0.5) is 10.5 Å². The number of methoxy groups -OCH3 is 1. The van der Waals surface area contributed by atoms with E-state index >= 15 is 0 Å². The van der Waals surface area contributed by atoms with Gasteiger partial charge in [0.25, 0.3) is 0 Å². The second-order valence-corrected chi connectivity index (χ2v) is 5.21. The van der Waals surface area contributed by atoms with Crippen LogP contribution in [0.25, 0.3) is 0 Å². The molecule has 1 heterocycles. The van der Waals surface area contributed by atoms with Crippen molar-refractivity contribution in [2.75, 3.05) is 19.0 Å². The molecule has 1 aromatic carbocycles. The predicted molar refractivity (Wildman–Crippen MR) is 88.3 cm³/mol. The Kier molecular flexibility index (Phi) is 6.10. The molecule has 1 atom stereocenters. The van der Waals surface area contributed by atoms with Gasteiger partial charge in [0.15, 0.2) is 5.82 Å². The smallest absolute Gasteiger partial charge is 0.319 e. The average Bonchev–Trinajstić information content (AvgIpc) is 3.01. The minimum Gasteiger partial charge on any atom is -0.383 e. The number of para-hydroxylation sites is 1. The zero-order chi connectivity index (χ0) is 16.7. The van der Waals surface area contributed by atoms with Gasteiger partial charge in [-0.1, -0.05) is 25.1 Å². The van der Waals surface area contributed by atoms with Crippen molar-refractivity contribution >= 4 is 11.7 Å². The van der Waals surface area contributed by atoms with Crippen LogP contribution in [-0.4, -0.2) is 34.5 Å². The molecule has 0 bridgehead atoms.